The molecule has 2 heteroatoms. The zero-order chi connectivity index (χ0) is 14.1. The van der Waals surface area contributed by atoms with E-state index in [2.05, 4.69) is 6.07 Å². The van der Waals surface area contributed by atoms with Crippen molar-refractivity contribution in [2.75, 3.05) is 0 Å². The van der Waals surface area contributed by atoms with Crippen LogP contribution in [0.15, 0.2) is 24.3 Å². The van der Waals surface area contributed by atoms with Crippen LogP contribution in [-0.4, -0.2) is 5.78 Å². The molecule has 0 N–H and O–H groups in total. The summed E-state index contributed by atoms with van der Waals surface area (Å²) in [6.45, 7) is 5.98. The highest BCUT2D eigenvalue weighted by molar-refractivity contribution is 5.93. The molecule has 19 heavy (non-hydrogen) atoms. The van der Waals surface area contributed by atoms with Crippen molar-refractivity contribution in [3.05, 3.63) is 35.4 Å². The van der Waals surface area contributed by atoms with Crippen LogP contribution in [0.25, 0.3) is 0 Å². The SMILES string of the molecule is Cc1ccccc1CC1(C#N)CCCC(C)(C)C1=O. The predicted octanol–water partition coefficient (Wildman–Crippen LogP) is 3.83. The second-order valence-corrected chi connectivity index (χ2v) is 6.36. The summed E-state index contributed by atoms with van der Waals surface area (Å²) in [4.78, 5) is 12.7. The van der Waals surface area contributed by atoms with Crippen LogP contribution in [0.5, 0.6) is 0 Å². The quantitative estimate of drug-likeness (QED) is 0.806. The lowest BCUT2D eigenvalue weighted by molar-refractivity contribution is -0.138. The van der Waals surface area contributed by atoms with Gasteiger partial charge in [-0.2, -0.15) is 5.26 Å². The van der Waals surface area contributed by atoms with E-state index in [1.807, 2.05) is 45.0 Å². The van der Waals surface area contributed by atoms with Gasteiger partial charge in [0.05, 0.1) is 6.07 Å². The smallest absolute Gasteiger partial charge is 0.158 e. The van der Waals surface area contributed by atoms with E-state index < -0.39 is 5.41 Å². The summed E-state index contributed by atoms with van der Waals surface area (Å²) in [5, 5.41) is 9.63. The van der Waals surface area contributed by atoms with Crippen molar-refractivity contribution in [1.82, 2.24) is 0 Å². The number of nitriles is 1. The van der Waals surface area contributed by atoms with E-state index in [1.165, 1.54) is 0 Å². The van der Waals surface area contributed by atoms with Gasteiger partial charge in [0.2, 0.25) is 0 Å². The van der Waals surface area contributed by atoms with Gasteiger partial charge in [0, 0.05) is 5.41 Å². The van der Waals surface area contributed by atoms with E-state index in [4.69, 9.17) is 0 Å². The minimum atomic E-state index is -0.826. The Morgan fingerprint density at radius 3 is 2.58 bits per heavy atom. The third-order valence-corrected chi connectivity index (χ3v) is 4.42. The van der Waals surface area contributed by atoms with Crippen LogP contribution >= 0.6 is 0 Å². The monoisotopic (exact) mass is 255 g/mol. The molecule has 1 atom stereocenters. The first-order chi connectivity index (χ1) is 8.91. The van der Waals surface area contributed by atoms with Gasteiger partial charge >= 0.3 is 0 Å². The Bertz CT molecular complexity index is 538. The Morgan fingerprint density at radius 1 is 1.26 bits per heavy atom. The van der Waals surface area contributed by atoms with Crippen molar-refractivity contribution in [1.29, 1.82) is 5.26 Å². The topological polar surface area (TPSA) is 40.9 Å². The minimum absolute atomic E-state index is 0.122. The van der Waals surface area contributed by atoms with E-state index in [-0.39, 0.29) is 11.2 Å². The van der Waals surface area contributed by atoms with Crippen LogP contribution in [0.2, 0.25) is 0 Å². The lowest BCUT2D eigenvalue weighted by Crippen LogP contribution is -2.45. The van der Waals surface area contributed by atoms with E-state index in [1.54, 1.807) is 0 Å². The van der Waals surface area contributed by atoms with Gasteiger partial charge in [-0.3, -0.25) is 4.79 Å². The maximum absolute atomic E-state index is 12.7. The van der Waals surface area contributed by atoms with Crippen molar-refractivity contribution >= 4 is 5.78 Å². The van der Waals surface area contributed by atoms with Crippen molar-refractivity contribution < 1.29 is 4.79 Å². The van der Waals surface area contributed by atoms with E-state index in [9.17, 15) is 10.1 Å². The fourth-order valence-electron chi connectivity index (χ4n) is 3.16. The Labute approximate surface area is 115 Å². The second kappa shape index (κ2) is 4.81. The molecule has 0 spiro atoms. The first kappa shape index (κ1) is 13.8. The molecule has 1 aromatic rings. The minimum Gasteiger partial charge on any atom is -0.297 e. The molecule has 1 aliphatic carbocycles. The lowest BCUT2D eigenvalue weighted by Gasteiger charge is -2.39. The Kier molecular flexibility index (Phi) is 3.49. The molecule has 2 rings (SSSR count). The standard InChI is InChI=1S/C17H21NO/c1-13-7-4-5-8-14(13)11-17(12-18)10-6-9-16(2,3)15(17)19/h4-5,7-8H,6,9-11H2,1-3H3. The van der Waals surface area contributed by atoms with Crippen molar-refractivity contribution in [2.45, 2.75) is 46.5 Å². The van der Waals surface area contributed by atoms with Crippen LogP contribution in [0, 0.1) is 29.1 Å². The molecule has 0 aliphatic heterocycles. The molecule has 0 saturated heterocycles. The number of carbonyl (C=O) groups excluding carboxylic acids is 1. The fourth-order valence-corrected chi connectivity index (χ4v) is 3.16. The molecule has 0 aromatic heterocycles. The van der Waals surface area contributed by atoms with E-state index >= 15 is 0 Å². The molecule has 100 valence electrons. The molecule has 0 amide bonds. The number of rotatable bonds is 2. The summed E-state index contributed by atoms with van der Waals surface area (Å²) >= 11 is 0. The highest BCUT2D eigenvalue weighted by Crippen LogP contribution is 2.44. The van der Waals surface area contributed by atoms with Crippen LogP contribution in [-0.2, 0) is 11.2 Å². The molecule has 1 aliphatic rings. The highest BCUT2D eigenvalue weighted by atomic mass is 16.1. The number of carbonyl (C=O) groups is 1. The lowest BCUT2D eigenvalue weighted by atomic mass is 9.61. The molecule has 1 aromatic carbocycles. The molecule has 0 heterocycles. The van der Waals surface area contributed by atoms with E-state index in [0.717, 1.165) is 24.0 Å². The summed E-state index contributed by atoms with van der Waals surface area (Å²) in [6, 6.07) is 10.4. The number of hydrogen-bond acceptors (Lipinski definition) is 2. The third-order valence-electron chi connectivity index (χ3n) is 4.42. The van der Waals surface area contributed by atoms with Gasteiger partial charge in [-0.15, -0.1) is 0 Å². The molecule has 1 unspecified atom stereocenters. The number of Topliss-reactive ketones (excluding diaryl/α,β-unsaturated/α-hetero) is 1. The number of ketones is 1. The van der Waals surface area contributed by atoms with Gasteiger partial charge in [-0.25, -0.2) is 0 Å². The van der Waals surface area contributed by atoms with Crippen LogP contribution < -0.4 is 0 Å². The van der Waals surface area contributed by atoms with Gasteiger partial charge in [0.25, 0.3) is 0 Å². The first-order valence-electron chi connectivity index (χ1n) is 6.92. The van der Waals surface area contributed by atoms with Crippen LogP contribution in [0.1, 0.15) is 44.2 Å². The third kappa shape index (κ3) is 2.42. The van der Waals surface area contributed by atoms with Gasteiger partial charge in [0.1, 0.15) is 5.41 Å². The average molecular weight is 255 g/mol. The second-order valence-electron chi connectivity index (χ2n) is 6.36. The summed E-state index contributed by atoms with van der Waals surface area (Å²) in [5.41, 5.74) is 1.09. The maximum Gasteiger partial charge on any atom is 0.158 e. The zero-order valence-corrected chi connectivity index (χ0v) is 12.0. The van der Waals surface area contributed by atoms with Crippen molar-refractivity contribution in [3.63, 3.8) is 0 Å². The molecule has 1 saturated carbocycles. The predicted molar refractivity (Wildman–Crippen MR) is 75.6 cm³/mol. The van der Waals surface area contributed by atoms with Crippen molar-refractivity contribution in [2.24, 2.45) is 10.8 Å². The first-order valence-corrected chi connectivity index (χ1v) is 6.92. The van der Waals surface area contributed by atoms with E-state index in [0.29, 0.717) is 12.8 Å². The molecular weight excluding hydrogens is 234 g/mol. The summed E-state index contributed by atoms with van der Waals surface area (Å²) in [5.74, 6) is 0.122. The number of hydrogen-bond donors (Lipinski definition) is 0. The number of nitrogens with zero attached hydrogens (tertiary/aromatic N) is 1. The number of benzene rings is 1. The van der Waals surface area contributed by atoms with Gasteiger partial charge < -0.3 is 0 Å². The summed E-state index contributed by atoms with van der Waals surface area (Å²) < 4.78 is 0. The fraction of sp³-hybridized carbons (Fsp3) is 0.529. The molecule has 0 bridgehead atoms. The zero-order valence-electron chi connectivity index (χ0n) is 12.0. The average Bonchev–Trinajstić information content (AvgIpc) is 2.38. The molecule has 2 nitrogen and oxygen atoms in total. The summed E-state index contributed by atoms with van der Waals surface area (Å²) in [6.07, 6.45) is 3.10. The van der Waals surface area contributed by atoms with Crippen LogP contribution in [0.3, 0.4) is 0 Å². The normalized spacial score (nSPS) is 25.9. The molecule has 0 radical (unpaired) electrons. The Hall–Kier alpha value is -1.62. The maximum atomic E-state index is 12.7. The Morgan fingerprint density at radius 2 is 1.95 bits per heavy atom. The highest BCUT2D eigenvalue weighted by Gasteiger charge is 2.49. The number of aryl methyl sites for hydroxylation is 1. The van der Waals surface area contributed by atoms with Crippen LogP contribution in [0.4, 0.5) is 0 Å². The summed E-state index contributed by atoms with van der Waals surface area (Å²) in [7, 11) is 0. The molecule has 1 fully saturated rings. The molecular formula is C17H21NO. The van der Waals surface area contributed by atoms with Crippen molar-refractivity contribution in [3.8, 4) is 6.07 Å². The van der Waals surface area contributed by atoms with Gasteiger partial charge in [-0.1, -0.05) is 44.5 Å². The van der Waals surface area contributed by atoms with Gasteiger partial charge in [-0.05, 0) is 37.3 Å². The Balaban J connectivity index is 2.37. The van der Waals surface area contributed by atoms with Gasteiger partial charge in [0.15, 0.2) is 5.78 Å². The largest absolute Gasteiger partial charge is 0.297 e.